The lowest BCUT2D eigenvalue weighted by atomic mass is 10.1. The van der Waals surface area contributed by atoms with Gasteiger partial charge in [-0.1, -0.05) is 19.4 Å². The number of carbonyl (C=O) groups is 2. The first-order valence-corrected chi connectivity index (χ1v) is 7.93. The second kappa shape index (κ2) is 18.4. The Bertz CT molecular complexity index is 349. The monoisotopic (exact) mass is 329 g/mol. The molecule has 1 unspecified atom stereocenters. The molecule has 0 rings (SSSR count). The molecule has 5 nitrogen and oxygen atoms in total. The van der Waals surface area contributed by atoms with E-state index < -0.39 is 0 Å². The van der Waals surface area contributed by atoms with Crippen LogP contribution in [0, 0.1) is 5.92 Å². The predicted molar refractivity (Wildman–Crippen MR) is 96.3 cm³/mol. The third kappa shape index (κ3) is 22.8. The second-order valence-electron chi connectivity index (χ2n) is 5.55. The van der Waals surface area contributed by atoms with Crippen molar-refractivity contribution in [2.24, 2.45) is 5.92 Å². The zero-order valence-corrected chi connectivity index (χ0v) is 15.6. The molecule has 0 fully saturated rings. The van der Waals surface area contributed by atoms with Crippen molar-refractivity contribution in [3.8, 4) is 0 Å². The van der Waals surface area contributed by atoms with Crippen LogP contribution in [0.2, 0.25) is 0 Å². The van der Waals surface area contributed by atoms with Gasteiger partial charge in [0.25, 0.3) is 0 Å². The number of hydrogen-bond donors (Lipinski definition) is 3. The van der Waals surface area contributed by atoms with E-state index >= 15 is 0 Å². The number of aliphatic hydroxyl groups is 2. The first-order valence-electron chi connectivity index (χ1n) is 7.93. The molecule has 0 heterocycles. The lowest BCUT2D eigenvalue weighted by Gasteiger charge is -2.12. The number of unbranched alkanes of at least 4 members (excludes halogenated alkanes) is 1. The summed E-state index contributed by atoms with van der Waals surface area (Å²) in [4.78, 5) is 21.0. The van der Waals surface area contributed by atoms with Crippen LogP contribution in [-0.4, -0.2) is 35.6 Å². The minimum atomic E-state index is -0.293. The Labute approximate surface area is 141 Å². The van der Waals surface area contributed by atoms with Crippen LogP contribution < -0.4 is 5.32 Å². The Morgan fingerprint density at radius 3 is 1.96 bits per heavy atom. The summed E-state index contributed by atoms with van der Waals surface area (Å²) in [6.07, 6.45) is 5.85. The first-order chi connectivity index (χ1) is 10.7. The zero-order valence-electron chi connectivity index (χ0n) is 15.6. The van der Waals surface area contributed by atoms with Crippen LogP contribution in [0.15, 0.2) is 24.0 Å². The van der Waals surface area contributed by atoms with Crippen molar-refractivity contribution in [2.75, 3.05) is 7.11 Å². The minimum absolute atomic E-state index is 0.0115. The highest BCUT2D eigenvalue weighted by atomic mass is 16.3. The van der Waals surface area contributed by atoms with Gasteiger partial charge in [0, 0.05) is 19.4 Å². The Balaban J connectivity index is -0.000000483. The number of allylic oxidation sites excluding steroid dienone is 2. The van der Waals surface area contributed by atoms with Crippen molar-refractivity contribution in [1.82, 2.24) is 5.32 Å². The van der Waals surface area contributed by atoms with Crippen molar-refractivity contribution in [3.63, 3.8) is 0 Å². The molecular formula is C18H35NO4. The van der Waals surface area contributed by atoms with Gasteiger partial charge >= 0.3 is 0 Å². The fourth-order valence-corrected chi connectivity index (χ4v) is 1.35. The van der Waals surface area contributed by atoms with Gasteiger partial charge in [0.1, 0.15) is 12.0 Å². The molecular weight excluding hydrogens is 294 g/mol. The van der Waals surface area contributed by atoms with Crippen molar-refractivity contribution in [3.05, 3.63) is 24.0 Å². The second-order valence-corrected chi connectivity index (χ2v) is 5.55. The smallest absolute Gasteiger partial charge is 0.220 e. The van der Waals surface area contributed by atoms with Crippen LogP contribution in [0.4, 0.5) is 0 Å². The first kappa shape index (κ1) is 26.3. The molecule has 5 heteroatoms. The number of rotatable bonds is 8. The maximum atomic E-state index is 11.4. The van der Waals surface area contributed by atoms with Gasteiger partial charge in [-0.05, 0) is 46.1 Å². The number of nitrogens with one attached hydrogen (secondary N) is 1. The fraction of sp³-hybridized carbons (Fsp3) is 0.667. The highest BCUT2D eigenvalue weighted by Crippen LogP contribution is 2.06. The average Bonchev–Trinajstić information content (AvgIpc) is 2.52. The number of hydrogen-bond acceptors (Lipinski definition) is 4. The summed E-state index contributed by atoms with van der Waals surface area (Å²) in [5, 5.41) is 19.1. The Kier molecular flexibility index (Phi) is 21.1. The maximum absolute atomic E-state index is 11.4. The van der Waals surface area contributed by atoms with Crippen LogP contribution in [0.1, 0.15) is 60.3 Å². The van der Waals surface area contributed by atoms with Crippen molar-refractivity contribution < 1.29 is 19.8 Å². The average molecular weight is 329 g/mol. The van der Waals surface area contributed by atoms with Crippen LogP contribution >= 0.6 is 0 Å². The zero-order chi connectivity index (χ0) is 18.8. The molecule has 1 amide bonds. The van der Waals surface area contributed by atoms with E-state index in [1.165, 1.54) is 0 Å². The number of aldehydes is 1. The van der Waals surface area contributed by atoms with Gasteiger partial charge in [-0.2, -0.15) is 0 Å². The number of carbonyl (C=O) groups excluding carboxylic acids is 2. The van der Waals surface area contributed by atoms with Crippen molar-refractivity contribution in [1.29, 1.82) is 0 Å². The lowest BCUT2D eigenvalue weighted by Crippen LogP contribution is -2.33. The molecule has 0 radical (unpaired) electrons. The predicted octanol–water partition coefficient (Wildman–Crippen LogP) is 3.54. The normalized spacial score (nSPS) is 11.4. The van der Waals surface area contributed by atoms with Crippen molar-refractivity contribution in [2.45, 2.75) is 66.3 Å². The summed E-state index contributed by atoms with van der Waals surface area (Å²) in [6.45, 7) is 13.0. The Hall–Kier alpha value is -1.62. The molecule has 0 spiro atoms. The van der Waals surface area contributed by atoms with Gasteiger partial charge in [-0.15, -0.1) is 6.58 Å². The van der Waals surface area contributed by atoms with Gasteiger partial charge < -0.3 is 20.3 Å². The highest BCUT2D eigenvalue weighted by Gasteiger charge is 2.09. The van der Waals surface area contributed by atoms with E-state index in [1.54, 1.807) is 19.9 Å². The molecule has 0 aliphatic heterocycles. The van der Waals surface area contributed by atoms with E-state index in [4.69, 9.17) is 5.11 Å². The van der Waals surface area contributed by atoms with Gasteiger partial charge in [0.05, 0.1) is 6.04 Å². The largest absolute Gasteiger partial charge is 0.510 e. The van der Waals surface area contributed by atoms with E-state index in [0.717, 1.165) is 38.2 Å². The number of aliphatic hydroxyl groups excluding tert-OH is 2. The molecule has 0 aromatic heterocycles. The quantitative estimate of drug-likeness (QED) is 0.275. The molecule has 0 saturated heterocycles. The molecule has 0 aliphatic carbocycles. The molecule has 0 aromatic rings. The summed E-state index contributed by atoms with van der Waals surface area (Å²) < 4.78 is 0. The SMILES string of the molecule is C=C(C)CCCCC(=O)NC(C)/C(O)=C\C.CC(C)C=O.CO. The summed E-state index contributed by atoms with van der Waals surface area (Å²) in [5.74, 6) is 0.396. The third-order valence-corrected chi connectivity index (χ3v) is 2.65. The maximum Gasteiger partial charge on any atom is 0.220 e. The fourth-order valence-electron chi connectivity index (χ4n) is 1.35. The van der Waals surface area contributed by atoms with E-state index in [0.29, 0.717) is 6.42 Å². The standard InChI is InChI=1S/C13H23NO2.C4H8O.CH4O/c1-5-12(15)11(4)14-13(16)9-7-6-8-10(2)3;1-4(2)3-5;1-2/h5,11,15H,2,6-9H2,1,3-4H3,(H,14,16);3-4H,1-2H3;2H,1H3/b12-5+;;. The summed E-state index contributed by atoms with van der Waals surface area (Å²) >= 11 is 0. The molecule has 0 bridgehead atoms. The van der Waals surface area contributed by atoms with Gasteiger partial charge in [0.15, 0.2) is 0 Å². The van der Waals surface area contributed by atoms with E-state index in [9.17, 15) is 14.7 Å². The van der Waals surface area contributed by atoms with Gasteiger partial charge in [-0.3, -0.25) is 4.79 Å². The molecule has 1 atom stereocenters. The molecule has 0 aromatic carbocycles. The molecule has 0 aliphatic rings. The number of amides is 1. The van der Waals surface area contributed by atoms with Gasteiger partial charge in [0.2, 0.25) is 5.91 Å². The topological polar surface area (TPSA) is 86.6 Å². The van der Waals surface area contributed by atoms with Crippen LogP contribution in [0.3, 0.4) is 0 Å². The van der Waals surface area contributed by atoms with Crippen LogP contribution in [0.5, 0.6) is 0 Å². The van der Waals surface area contributed by atoms with Crippen LogP contribution in [-0.2, 0) is 9.59 Å². The molecule has 0 saturated carbocycles. The summed E-state index contributed by atoms with van der Waals surface area (Å²) in [7, 11) is 1.00. The minimum Gasteiger partial charge on any atom is -0.510 e. The third-order valence-electron chi connectivity index (χ3n) is 2.65. The van der Waals surface area contributed by atoms with Crippen LogP contribution in [0.25, 0.3) is 0 Å². The summed E-state index contributed by atoms with van der Waals surface area (Å²) in [6, 6.07) is -0.293. The molecule has 136 valence electrons. The Morgan fingerprint density at radius 1 is 1.17 bits per heavy atom. The van der Waals surface area contributed by atoms with E-state index in [2.05, 4.69) is 11.9 Å². The van der Waals surface area contributed by atoms with E-state index in [-0.39, 0.29) is 23.6 Å². The van der Waals surface area contributed by atoms with Crippen molar-refractivity contribution >= 4 is 12.2 Å². The highest BCUT2D eigenvalue weighted by molar-refractivity contribution is 5.76. The molecule has 3 N–H and O–H groups in total. The lowest BCUT2D eigenvalue weighted by molar-refractivity contribution is -0.121. The summed E-state index contributed by atoms with van der Waals surface area (Å²) in [5.41, 5.74) is 1.15. The van der Waals surface area contributed by atoms with E-state index in [1.807, 2.05) is 20.8 Å². The Morgan fingerprint density at radius 2 is 1.61 bits per heavy atom. The molecule has 23 heavy (non-hydrogen) atoms. The van der Waals surface area contributed by atoms with Gasteiger partial charge in [-0.25, -0.2) is 0 Å².